The first-order chi connectivity index (χ1) is 11.7. The molecule has 24 heavy (non-hydrogen) atoms. The number of rotatable bonds is 10. The van der Waals surface area contributed by atoms with E-state index in [0.29, 0.717) is 0 Å². The largest absolute Gasteiger partial charge is 0.494 e. The van der Waals surface area contributed by atoms with Gasteiger partial charge in [-0.25, -0.2) is 0 Å². The van der Waals surface area contributed by atoms with Gasteiger partial charge < -0.3 is 9.84 Å². The summed E-state index contributed by atoms with van der Waals surface area (Å²) in [6.45, 7) is 2.98. The summed E-state index contributed by atoms with van der Waals surface area (Å²) in [6, 6.07) is 7.78. The van der Waals surface area contributed by atoms with Crippen molar-refractivity contribution in [3.8, 4) is 5.75 Å². The number of carbonyl (C=O) groups is 1. The molecule has 0 atom stereocenters. The van der Waals surface area contributed by atoms with Gasteiger partial charge in [0.15, 0.2) is 0 Å². The standard InChI is InChI=1S/C21H32O3/c1-2-3-4-5-6-10-17-24-19-13-11-18(12-14-19)21(20(22)23)15-8-7-9-16-21/h11-14H,2-10,15-17H2,1H3,(H,22,23). The molecule has 1 saturated carbocycles. The maximum absolute atomic E-state index is 11.8. The molecule has 1 aromatic rings. The molecular weight excluding hydrogens is 300 g/mol. The van der Waals surface area contributed by atoms with Gasteiger partial charge in [-0.3, -0.25) is 4.79 Å². The molecule has 1 aliphatic carbocycles. The Morgan fingerprint density at radius 3 is 2.25 bits per heavy atom. The molecule has 0 aliphatic heterocycles. The van der Waals surface area contributed by atoms with Gasteiger partial charge in [0, 0.05) is 0 Å². The Labute approximate surface area is 146 Å². The SMILES string of the molecule is CCCCCCCCOc1ccc(C2(C(=O)O)CCCCC2)cc1. The highest BCUT2D eigenvalue weighted by Gasteiger charge is 2.41. The topological polar surface area (TPSA) is 46.5 Å². The lowest BCUT2D eigenvalue weighted by atomic mass is 9.69. The summed E-state index contributed by atoms with van der Waals surface area (Å²) in [4.78, 5) is 11.8. The molecule has 1 aromatic carbocycles. The van der Waals surface area contributed by atoms with Gasteiger partial charge in [0.2, 0.25) is 0 Å². The Morgan fingerprint density at radius 2 is 1.62 bits per heavy atom. The Balaban J connectivity index is 1.82. The van der Waals surface area contributed by atoms with Crippen molar-refractivity contribution in [3.05, 3.63) is 29.8 Å². The monoisotopic (exact) mass is 332 g/mol. The third-order valence-electron chi connectivity index (χ3n) is 5.29. The fraction of sp³-hybridized carbons (Fsp3) is 0.667. The van der Waals surface area contributed by atoms with Gasteiger partial charge in [0.1, 0.15) is 5.75 Å². The highest BCUT2D eigenvalue weighted by atomic mass is 16.5. The van der Waals surface area contributed by atoms with E-state index < -0.39 is 11.4 Å². The average molecular weight is 332 g/mol. The number of benzene rings is 1. The Morgan fingerprint density at radius 1 is 1.00 bits per heavy atom. The average Bonchev–Trinajstić information content (AvgIpc) is 2.62. The molecule has 2 rings (SSSR count). The van der Waals surface area contributed by atoms with Gasteiger partial charge >= 0.3 is 5.97 Å². The molecule has 1 N–H and O–H groups in total. The zero-order valence-electron chi connectivity index (χ0n) is 15.1. The van der Waals surface area contributed by atoms with E-state index in [9.17, 15) is 9.90 Å². The van der Waals surface area contributed by atoms with Crippen LogP contribution in [-0.2, 0) is 10.2 Å². The van der Waals surface area contributed by atoms with E-state index in [2.05, 4.69) is 6.92 Å². The van der Waals surface area contributed by atoms with E-state index in [4.69, 9.17) is 4.74 Å². The van der Waals surface area contributed by atoms with Gasteiger partial charge in [-0.15, -0.1) is 0 Å². The quantitative estimate of drug-likeness (QED) is 0.558. The minimum atomic E-state index is -0.684. The van der Waals surface area contributed by atoms with Crippen LogP contribution in [0.3, 0.4) is 0 Å². The fourth-order valence-corrected chi connectivity index (χ4v) is 3.72. The summed E-state index contributed by atoms with van der Waals surface area (Å²) in [5.41, 5.74) is 0.248. The number of aliphatic carboxylic acids is 1. The number of carboxylic acids is 1. The second kappa shape index (κ2) is 9.71. The molecule has 3 heteroatoms. The van der Waals surface area contributed by atoms with Crippen molar-refractivity contribution in [1.29, 1.82) is 0 Å². The van der Waals surface area contributed by atoms with Crippen molar-refractivity contribution >= 4 is 5.97 Å². The van der Waals surface area contributed by atoms with Crippen molar-refractivity contribution in [2.45, 2.75) is 83.0 Å². The lowest BCUT2D eigenvalue weighted by Gasteiger charge is -2.33. The van der Waals surface area contributed by atoms with Crippen LogP contribution < -0.4 is 4.74 Å². The summed E-state index contributed by atoms with van der Waals surface area (Å²) < 4.78 is 5.80. The first-order valence-electron chi connectivity index (χ1n) is 9.66. The van der Waals surface area contributed by atoms with Gasteiger partial charge in [-0.1, -0.05) is 70.4 Å². The molecular formula is C21H32O3. The summed E-state index contributed by atoms with van der Waals surface area (Å²) >= 11 is 0. The van der Waals surface area contributed by atoms with Gasteiger partial charge in [0.05, 0.1) is 12.0 Å². The van der Waals surface area contributed by atoms with Crippen LogP contribution in [0.1, 0.15) is 83.1 Å². The van der Waals surface area contributed by atoms with Crippen LogP contribution in [0.2, 0.25) is 0 Å². The van der Waals surface area contributed by atoms with E-state index in [1.54, 1.807) is 0 Å². The number of unbranched alkanes of at least 4 members (excludes halogenated alkanes) is 5. The number of hydrogen-bond acceptors (Lipinski definition) is 2. The van der Waals surface area contributed by atoms with Crippen LogP contribution in [0, 0.1) is 0 Å². The number of carboxylic acid groups (broad SMARTS) is 1. The maximum Gasteiger partial charge on any atom is 0.314 e. The molecule has 0 unspecified atom stereocenters. The third-order valence-corrected chi connectivity index (χ3v) is 5.29. The van der Waals surface area contributed by atoms with Crippen molar-refractivity contribution in [3.63, 3.8) is 0 Å². The predicted molar refractivity (Wildman–Crippen MR) is 97.7 cm³/mol. The highest BCUT2D eigenvalue weighted by molar-refractivity contribution is 5.81. The van der Waals surface area contributed by atoms with Gasteiger partial charge in [0.25, 0.3) is 0 Å². The first kappa shape index (κ1) is 18.8. The second-order valence-electron chi connectivity index (χ2n) is 7.09. The molecule has 0 amide bonds. The zero-order valence-corrected chi connectivity index (χ0v) is 15.1. The zero-order chi connectivity index (χ0) is 17.3. The molecule has 3 nitrogen and oxygen atoms in total. The third kappa shape index (κ3) is 4.99. The summed E-state index contributed by atoms with van der Waals surface area (Å²) in [5, 5.41) is 9.74. The summed E-state index contributed by atoms with van der Waals surface area (Å²) in [5.74, 6) is 0.173. The van der Waals surface area contributed by atoms with Crippen molar-refractivity contribution in [2.24, 2.45) is 0 Å². The van der Waals surface area contributed by atoms with Crippen molar-refractivity contribution < 1.29 is 14.6 Å². The lowest BCUT2D eigenvalue weighted by Crippen LogP contribution is -2.37. The van der Waals surface area contributed by atoms with Crippen LogP contribution in [0.5, 0.6) is 5.75 Å². The smallest absolute Gasteiger partial charge is 0.314 e. The first-order valence-corrected chi connectivity index (χ1v) is 9.66. The fourth-order valence-electron chi connectivity index (χ4n) is 3.72. The van der Waals surface area contributed by atoms with Crippen LogP contribution in [0.4, 0.5) is 0 Å². The van der Waals surface area contributed by atoms with E-state index in [-0.39, 0.29) is 0 Å². The van der Waals surface area contributed by atoms with Crippen LogP contribution >= 0.6 is 0 Å². The van der Waals surface area contributed by atoms with Crippen molar-refractivity contribution in [1.82, 2.24) is 0 Å². The second-order valence-corrected chi connectivity index (χ2v) is 7.09. The van der Waals surface area contributed by atoms with Crippen molar-refractivity contribution in [2.75, 3.05) is 6.61 Å². The summed E-state index contributed by atoms with van der Waals surface area (Å²) in [6.07, 6.45) is 12.2. The number of ether oxygens (including phenoxy) is 1. The lowest BCUT2D eigenvalue weighted by molar-refractivity contribution is -0.145. The molecule has 0 heterocycles. The summed E-state index contributed by atoms with van der Waals surface area (Å²) in [7, 11) is 0. The van der Waals surface area contributed by atoms with E-state index in [1.165, 1.54) is 32.1 Å². The Hall–Kier alpha value is -1.51. The molecule has 0 aromatic heterocycles. The maximum atomic E-state index is 11.8. The molecule has 134 valence electrons. The Kier molecular flexibility index (Phi) is 7.61. The molecule has 0 bridgehead atoms. The minimum absolute atomic E-state index is 0.678. The number of hydrogen-bond donors (Lipinski definition) is 1. The van der Waals surface area contributed by atoms with E-state index in [0.717, 1.165) is 56.4 Å². The van der Waals surface area contributed by atoms with Gasteiger partial charge in [-0.2, -0.15) is 0 Å². The van der Waals surface area contributed by atoms with Crippen LogP contribution in [-0.4, -0.2) is 17.7 Å². The molecule has 0 saturated heterocycles. The minimum Gasteiger partial charge on any atom is -0.494 e. The van der Waals surface area contributed by atoms with Crippen LogP contribution in [0.25, 0.3) is 0 Å². The van der Waals surface area contributed by atoms with E-state index >= 15 is 0 Å². The normalized spacial score (nSPS) is 16.7. The highest BCUT2D eigenvalue weighted by Crippen LogP contribution is 2.40. The Bertz CT molecular complexity index is 486. The van der Waals surface area contributed by atoms with Gasteiger partial charge in [-0.05, 0) is 37.0 Å². The molecule has 0 radical (unpaired) electrons. The van der Waals surface area contributed by atoms with Crippen LogP contribution in [0.15, 0.2) is 24.3 Å². The molecule has 1 aliphatic rings. The molecule has 0 spiro atoms. The van der Waals surface area contributed by atoms with E-state index in [1.807, 2.05) is 24.3 Å². The predicted octanol–water partition coefficient (Wildman–Crippen LogP) is 5.71. The molecule has 1 fully saturated rings.